The summed E-state index contributed by atoms with van der Waals surface area (Å²) in [5.41, 5.74) is 4.30. The first-order chi connectivity index (χ1) is 16.0. The van der Waals surface area contributed by atoms with Gasteiger partial charge in [0, 0.05) is 42.3 Å². The Morgan fingerprint density at radius 1 is 1.06 bits per heavy atom. The molecule has 5 heteroatoms. The molecule has 0 radical (unpaired) electrons. The van der Waals surface area contributed by atoms with Crippen LogP contribution in [0.2, 0.25) is 0 Å². The van der Waals surface area contributed by atoms with Gasteiger partial charge in [-0.2, -0.15) is 0 Å². The van der Waals surface area contributed by atoms with E-state index in [0.29, 0.717) is 48.8 Å². The fraction of sp³-hybridized carbons (Fsp3) is 0.321. The number of allylic oxidation sites excluding steroid dienone is 3. The van der Waals surface area contributed by atoms with Crippen LogP contribution in [-0.4, -0.2) is 28.1 Å². The quantitative estimate of drug-likeness (QED) is 0.253. The first kappa shape index (κ1) is 22.7. The summed E-state index contributed by atoms with van der Waals surface area (Å²) in [7, 11) is 0. The monoisotopic (exact) mass is 441 g/mol. The molecular formula is C28H27NO4. The van der Waals surface area contributed by atoms with Gasteiger partial charge in [0.05, 0.1) is 5.57 Å². The lowest BCUT2D eigenvalue weighted by atomic mass is 9.77. The number of aromatic nitrogens is 1. The van der Waals surface area contributed by atoms with E-state index in [1.165, 1.54) is 0 Å². The van der Waals surface area contributed by atoms with Crippen molar-refractivity contribution in [2.24, 2.45) is 5.92 Å². The summed E-state index contributed by atoms with van der Waals surface area (Å²) in [5.74, 6) is -0.648. The number of fused-ring (bicyclic) bond motifs is 1. The second-order valence-electron chi connectivity index (χ2n) is 8.78. The number of aryl methyl sites for hydroxylation is 1. The maximum absolute atomic E-state index is 13.2. The van der Waals surface area contributed by atoms with Crippen LogP contribution in [0.25, 0.3) is 0 Å². The molecule has 1 saturated carbocycles. The van der Waals surface area contributed by atoms with Crippen molar-refractivity contribution in [1.29, 1.82) is 0 Å². The molecule has 2 aliphatic carbocycles. The van der Waals surface area contributed by atoms with Gasteiger partial charge in [-0.15, -0.1) is 0 Å². The van der Waals surface area contributed by atoms with Gasteiger partial charge in [0.1, 0.15) is 0 Å². The number of nitrogens with zero attached hydrogens (tertiary/aromatic N) is 1. The number of benzene rings is 1. The highest BCUT2D eigenvalue weighted by molar-refractivity contribution is 6.22. The lowest BCUT2D eigenvalue weighted by Crippen LogP contribution is -2.29. The molecule has 33 heavy (non-hydrogen) atoms. The van der Waals surface area contributed by atoms with Gasteiger partial charge in [0.15, 0.2) is 23.1 Å². The predicted molar refractivity (Wildman–Crippen MR) is 125 cm³/mol. The number of pyridine rings is 1. The molecule has 1 fully saturated rings. The highest BCUT2D eigenvalue weighted by Crippen LogP contribution is 2.32. The molecule has 2 aliphatic rings. The molecule has 0 spiro atoms. The Hall–Kier alpha value is -3.47. The molecule has 0 N–H and O–H groups in total. The number of ketones is 4. The van der Waals surface area contributed by atoms with Gasteiger partial charge in [0.2, 0.25) is 0 Å². The minimum absolute atomic E-state index is 0.0266. The Morgan fingerprint density at radius 2 is 1.85 bits per heavy atom. The summed E-state index contributed by atoms with van der Waals surface area (Å²) in [4.78, 5) is 53.5. The average Bonchev–Trinajstić information content (AvgIpc) is 2.84. The van der Waals surface area contributed by atoms with Crippen LogP contribution >= 0.6 is 0 Å². The molecular weight excluding hydrogens is 414 g/mol. The Labute approximate surface area is 193 Å². The number of carbonyl (C=O) groups excluding carboxylic acids is 4. The number of hydrogen-bond donors (Lipinski definition) is 0. The molecule has 5 nitrogen and oxygen atoms in total. The summed E-state index contributed by atoms with van der Waals surface area (Å²) in [6, 6.07) is 9.28. The molecule has 1 aromatic heterocycles. The van der Waals surface area contributed by atoms with E-state index >= 15 is 0 Å². The summed E-state index contributed by atoms with van der Waals surface area (Å²) in [5, 5.41) is 0. The first-order valence-electron chi connectivity index (χ1n) is 11.5. The second-order valence-corrected chi connectivity index (χ2v) is 8.78. The van der Waals surface area contributed by atoms with Crippen molar-refractivity contribution in [3.05, 3.63) is 88.8 Å². The van der Waals surface area contributed by atoms with E-state index in [4.69, 9.17) is 0 Å². The van der Waals surface area contributed by atoms with Gasteiger partial charge >= 0.3 is 0 Å². The first-order valence-corrected chi connectivity index (χ1v) is 11.5. The molecule has 1 heterocycles. The number of carbonyl (C=O) groups is 4. The topological polar surface area (TPSA) is 81.2 Å². The smallest absolute Gasteiger partial charge is 0.189 e. The van der Waals surface area contributed by atoms with Crippen molar-refractivity contribution in [3.8, 4) is 0 Å². The van der Waals surface area contributed by atoms with Crippen molar-refractivity contribution < 1.29 is 19.2 Å². The molecule has 168 valence electrons. The zero-order valence-electron chi connectivity index (χ0n) is 18.6. The highest BCUT2D eigenvalue weighted by atomic mass is 16.2. The molecule has 1 unspecified atom stereocenters. The molecule has 1 atom stereocenters. The van der Waals surface area contributed by atoms with E-state index in [1.54, 1.807) is 24.5 Å². The molecule has 0 bridgehead atoms. The molecule has 0 amide bonds. The van der Waals surface area contributed by atoms with Crippen LogP contribution in [0, 0.1) is 5.92 Å². The summed E-state index contributed by atoms with van der Waals surface area (Å²) in [6.45, 7) is 3.62. The largest absolute Gasteiger partial charge is 0.294 e. The summed E-state index contributed by atoms with van der Waals surface area (Å²) in [6.07, 6.45) is 9.97. The highest BCUT2D eigenvalue weighted by Gasteiger charge is 2.33. The van der Waals surface area contributed by atoms with Crippen LogP contribution in [-0.2, 0) is 22.4 Å². The molecule has 4 rings (SSSR count). The summed E-state index contributed by atoms with van der Waals surface area (Å²) >= 11 is 0. The number of hydrogen-bond acceptors (Lipinski definition) is 5. The van der Waals surface area contributed by atoms with Crippen LogP contribution in [0.4, 0.5) is 0 Å². The lowest BCUT2D eigenvalue weighted by Gasteiger charge is -2.24. The van der Waals surface area contributed by atoms with Crippen molar-refractivity contribution in [2.45, 2.75) is 51.4 Å². The van der Waals surface area contributed by atoms with E-state index in [0.717, 1.165) is 30.4 Å². The van der Waals surface area contributed by atoms with Crippen LogP contribution in [0.15, 0.2) is 66.5 Å². The van der Waals surface area contributed by atoms with Crippen molar-refractivity contribution in [1.82, 2.24) is 4.98 Å². The van der Waals surface area contributed by atoms with Crippen LogP contribution in [0.1, 0.15) is 70.4 Å². The van der Waals surface area contributed by atoms with E-state index in [-0.39, 0.29) is 34.6 Å². The minimum Gasteiger partial charge on any atom is -0.294 e. The van der Waals surface area contributed by atoms with Gasteiger partial charge in [-0.3, -0.25) is 24.2 Å². The van der Waals surface area contributed by atoms with Gasteiger partial charge in [-0.05, 0) is 67.4 Å². The third kappa shape index (κ3) is 4.98. The third-order valence-electron chi connectivity index (χ3n) is 6.66. The molecule has 0 aliphatic heterocycles. The van der Waals surface area contributed by atoms with Crippen LogP contribution < -0.4 is 0 Å². The lowest BCUT2D eigenvalue weighted by molar-refractivity contribution is -0.126. The van der Waals surface area contributed by atoms with Crippen molar-refractivity contribution in [3.63, 3.8) is 0 Å². The SMILES string of the molecule is C=C1C(=O)CCC(CC2=CCc3c(CCCCC(=O)c4ccncc4)cccc3C2=O)C1=O. The van der Waals surface area contributed by atoms with E-state index in [1.807, 2.05) is 18.2 Å². The Balaban J connectivity index is 1.36. The van der Waals surface area contributed by atoms with Gasteiger partial charge in [-0.25, -0.2) is 0 Å². The maximum Gasteiger partial charge on any atom is 0.189 e. The van der Waals surface area contributed by atoms with E-state index in [2.05, 4.69) is 17.6 Å². The predicted octanol–water partition coefficient (Wildman–Crippen LogP) is 4.84. The fourth-order valence-corrected chi connectivity index (χ4v) is 4.70. The Morgan fingerprint density at radius 3 is 2.64 bits per heavy atom. The van der Waals surface area contributed by atoms with Gasteiger partial charge in [0.25, 0.3) is 0 Å². The summed E-state index contributed by atoms with van der Waals surface area (Å²) < 4.78 is 0. The standard InChI is InChI=1S/C28H27NO4/c1-18-25(30)12-10-21(27(18)32)17-22-9-11-23-19(6-4-7-24(23)28(22)33)5-2-3-8-26(31)20-13-15-29-16-14-20/h4,6-7,9,13-16,21H,1-3,5,8,10-12,17H2. The number of unbranched alkanes of at least 4 members (excludes halogenated alkanes) is 1. The number of rotatable bonds is 8. The van der Waals surface area contributed by atoms with Crippen LogP contribution in [0.5, 0.6) is 0 Å². The number of Topliss-reactive ketones (excluding diaryl/α,β-unsaturated/α-hetero) is 4. The Bertz CT molecular complexity index is 1160. The van der Waals surface area contributed by atoms with Crippen LogP contribution in [0.3, 0.4) is 0 Å². The molecule has 0 saturated heterocycles. The van der Waals surface area contributed by atoms with Crippen molar-refractivity contribution in [2.75, 3.05) is 0 Å². The maximum atomic E-state index is 13.2. The minimum atomic E-state index is -0.340. The zero-order valence-corrected chi connectivity index (χ0v) is 18.6. The normalized spacial score (nSPS) is 18.2. The van der Waals surface area contributed by atoms with Crippen molar-refractivity contribution >= 4 is 23.1 Å². The Kier molecular flexibility index (Phi) is 6.87. The van der Waals surface area contributed by atoms with Gasteiger partial charge < -0.3 is 0 Å². The molecule has 1 aromatic carbocycles. The molecule has 2 aromatic rings. The fourth-order valence-electron chi connectivity index (χ4n) is 4.70. The zero-order chi connectivity index (χ0) is 23.4. The van der Waals surface area contributed by atoms with E-state index < -0.39 is 0 Å². The van der Waals surface area contributed by atoms with E-state index in [9.17, 15) is 19.2 Å². The second kappa shape index (κ2) is 9.99. The average molecular weight is 442 g/mol. The van der Waals surface area contributed by atoms with Gasteiger partial charge in [-0.1, -0.05) is 30.9 Å². The third-order valence-corrected chi connectivity index (χ3v) is 6.66.